The van der Waals surface area contributed by atoms with Gasteiger partial charge < -0.3 is 19.9 Å². The van der Waals surface area contributed by atoms with Crippen LogP contribution in [-0.4, -0.2) is 48.6 Å². The van der Waals surface area contributed by atoms with Gasteiger partial charge in [-0.3, -0.25) is 4.79 Å². The number of benzene rings is 1. The van der Waals surface area contributed by atoms with Gasteiger partial charge in [0.1, 0.15) is 18.3 Å². The summed E-state index contributed by atoms with van der Waals surface area (Å²) in [6.07, 6.45) is 0.653. The van der Waals surface area contributed by atoms with Gasteiger partial charge in [0.15, 0.2) is 0 Å². The molecular weight excluding hydrogens is 270 g/mol. The Kier molecular flexibility index (Phi) is 3.03. The topological polar surface area (TPSA) is 67.8 Å². The summed E-state index contributed by atoms with van der Waals surface area (Å²) in [4.78, 5) is 12.7. The summed E-state index contributed by atoms with van der Waals surface area (Å²) in [7, 11) is 0. The van der Waals surface area contributed by atoms with Crippen molar-refractivity contribution in [2.75, 3.05) is 13.2 Å². The van der Waals surface area contributed by atoms with E-state index in [-0.39, 0.29) is 36.2 Å². The Hall–Kier alpha value is -1.43. The lowest BCUT2D eigenvalue weighted by molar-refractivity contribution is -0.125. The lowest BCUT2D eigenvalue weighted by Gasteiger charge is -2.22. The summed E-state index contributed by atoms with van der Waals surface area (Å²) in [5.41, 5.74) is 0.696. The van der Waals surface area contributed by atoms with Gasteiger partial charge in [0.25, 0.3) is 0 Å². The maximum absolute atomic E-state index is 12.7. The Morgan fingerprint density at radius 2 is 1.86 bits per heavy atom. The van der Waals surface area contributed by atoms with E-state index in [1.165, 1.54) is 0 Å². The van der Waals surface area contributed by atoms with Gasteiger partial charge in [-0.15, -0.1) is 0 Å². The molecular formula is C16H19NO4. The highest BCUT2D eigenvalue weighted by molar-refractivity contribution is 5.91. The lowest BCUT2D eigenvalue weighted by atomic mass is 9.94. The van der Waals surface area contributed by atoms with Crippen LogP contribution < -0.4 is 5.32 Å². The molecule has 1 aliphatic carbocycles. The first kappa shape index (κ1) is 13.2. The molecule has 1 aromatic carbocycles. The van der Waals surface area contributed by atoms with Gasteiger partial charge in [0.2, 0.25) is 5.91 Å². The van der Waals surface area contributed by atoms with Crippen molar-refractivity contribution in [1.29, 1.82) is 0 Å². The van der Waals surface area contributed by atoms with Crippen LogP contribution in [0.5, 0.6) is 0 Å². The minimum atomic E-state index is -0.582. The van der Waals surface area contributed by atoms with Gasteiger partial charge in [0, 0.05) is 0 Å². The average molecular weight is 289 g/mol. The zero-order valence-electron chi connectivity index (χ0n) is 11.7. The number of fused-ring (bicyclic) bond motifs is 1. The van der Waals surface area contributed by atoms with Crippen LogP contribution in [-0.2, 0) is 19.7 Å². The predicted octanol–water partition coefficient (Wildman–Crippen LogP) is 0.362. The quantitative estimate of drug-likeness (QED) is 0.843. The normalized spacial score (nSPS) is 36.2. The Labute approximate surface area is 123 Å². The van der Waals surface area contributed by atoms with Crippen molar-refractivity contribution in [1.82, 2.24) is 5.32 Å². The van der Waals surface area contributed by atoms with E-state index in [1.54, 1.807) is 0 Å². The fraction of sp³-hybridized carbons (Fsp3) is 0.562. The van der Waals surface area contributed by atoms with Crippen molar-refractivity contribution in [2.24, 2.45) is 0 Å². The SMILES string of the molecule is O=C(N[C@@H]1CO[C@H]2[C@@H]1OC[C@H]2O)C1(c2ccccc2)CC1. The summed E-state index contributed by atoms with van der Waals surface area (Å²) in [5.74, 6) is 0.0490. The van der Waals surface area contributed by atoms with Crippen LogP contribution in [0.3, 0.4) is 0 Å². The van der Waals surface area contributed by atoms with E-state index in [9.17, 15) is 9.90 Å². The molecule has 0 spiro atoms. The van der Waals surface area contributed by atoms with Gasteiger partial charge in [0.05, 0.1) is 24.7 Å². The van der Waals surface area contributed by atoms with Gasteiger partial charge in [-0.2, -0.15) is 0 Å². The second-order valence-corrected chi connectivity index (χ2v) is 6.19. The fourth-order valence-electron chi connectivity index (χ4n) is 3.44. The number of ether oxygens (including phenoxy) is 2. The van der Waals surface area contributed by atoms with Crippen LogP contribution in [0.2, 0.25) is 0 Å². The third-order valence-corrected chi connectivity index (χ3v) is 4.85. The maximum Gasteiger partial charge on any atom is 0.231 e. The zero-order chi connectivity index (χ0) is 14.4. The number of rotatable bonds is 3. The molecule has 1 aromatic rings. The smallest absolute Gasteiger partial charge is 0.231 e. The van der Waals surface area contributed by atoms with Crippen LogP contribution in [0.15, 0.2) is 30.3 Å². The Morgan fingerprint density at radius 3 is 2.57 bits per heavy atom. The first-order valence-corrected chi connectivity index (χ1v) is 7.48. The molecule has 1 amide bonds. The predicted molar refractivity (Wildman–Crippen MR) is 74.8 cm³/mol. The molecule has 2 aliphatic heterocycles. The fourth-order valence-corrected chi connectivity index (χ4v) is 3.44. The molecule has 3 fully saturated rings. The van der Waals surface area contributed by atoms with Crippen LogP contribution in [0.1, 0.15) is 18.4 Å². The Balaban J connectivity index is 1.47. The molecule has 112 valence electrons. The Morgan fingerprint density at radius 1 is 1.14 bits per heavy atom. The highest BCUT2D eigenvalue weighted by Gasteiger charge is 2.54. The number of aliphatic hydroxyl groups excluding tert-OH is 1. The standard InChI is InChI=1S/C16H19NO4/c18-12-9-21-13-11(8-20-14(12)13)17-15(19)16(6-7-16)10-4-2-1-3-5-10/h1-5,11-14,18H,6-9H2,(H,17,19)/t11-,12-,13-,14-/m1/s1. The molecule has 0 unspecified atom stereocenters. The molecule has 0 aromatic heterocycles. The number of carbonyl (C=O) groups excluding carboxylic acids is 1. The molecule has 5 heteroatoms. The molecule has 1 saturated carbocycles. The van der Waals surface area contributed by atoms with E-state index in [4.69, 9.17) is 9.47 Å². The number of hydrogen-bond donors (Lipinski definition) is 2. The second-order valence-electron chi connectivity index (χ2n) is 6.19. The number of amides is 1. The monoisotopic (exact) mass is 289 g/mol. The van der Waals surface area contributed by atoms with Gasteiger partial charge >= 0.3 is 0 Å². The number of carbonyl (C=O) groups is 1. The largest absolute Gasteiger partial charge is 0.388 e. The minimum absolute atomic E-state index is 0.0490. The van der Waals surface area contributed by atoms with Crippen molar-refractivity contribution in [3.8, 4) is 0 Å². The van der Waals surface area contributed by atoms with Crippen LogP contribution in [0.4, 0.5) is 0 Å². The summed E-state index contributed by atoms with van der Waals surface area (Å²) in [5, 5.41) is 12.8. The first-order valence-electron chi connectivity index (χ1n) is 7.48. The minimum Gasteiger partial charge on any atom is -0.388 e. The Bertz CT molecular complexity index is 542. The molecule has 2 heterocycles. The summed E-state index contributed by atoms with van der Waals surface area (Å²) >= 11 is 0. The summed E-state index contributed by atoms with van der Waals surface area (Å²) < 4.78 is 11.1. The van der Waals surface area contributed by atoms with E-state index in [2.05, 4.69) is 5.32 Å². The molecule has 0 radical (unpaired) electrons. The zero-order valence-corrected chi connectivity index (χ0v) is 11.7. The maximum atomic E-state index is 12.7. The average Bonchev–Trinajstić information content (AvgIpc) is 3.12. The van der Waals surface area contributed by atoms with Crippen molar-refractivity contribution in [3.05, 3.63) is 35.9 Å². The van der Waals surface area contributed by atoms with Gasteiger partial charge in [-0.05, 0) is 18.4 Å². The third-order valence-electron chi connectivity index (χ3n) is 4.85. The molecule has 5 nitrogen and oxygen atoms in total. The van der Waals surface area contributed by atoms with Crippen molar-refractivity contribution >= 4 is 5.91 Å². The summed E-state index contributed by atoms with van der Waals surface area (Å²) in [6, 6.07) is 9.75. The molecule has 2 saturated heterocycles. The molecule has 4 atom stereocenters. The first-order chi connectivity index (χ1) is 10.2. The second kappa shape index (κ2) is 4.80. The highest BCUT2D eigenvalue weighted by atomic mass is 16.6. The van der Waals surface area contributed by atoms with Crippen LogP contribution in [0.25, 0.3) is 0 Å². The molecule has 21 heavy (non-hydrogen) atoms. The van der Waals surface area contributed by atoms with Crippen molar-refractivity contribution in [3.63, 3.8) is 0 Å². The van der Waals surface area contributed by atoms with Crippen molar-refractivity contribution in [2.45, 2.75) is 42.6 Å². The molecule has 3 aliphatic rings. The lowest BCUT2D eigenvalue weighted by Crippen LogP contribution is -2.48. The molecule has 4 rings (SSSR count). The van der Waals surface area contributed by atoms with Crippen LogP contribution >= 0.6 is 0 Å². The highest BCUT2D eigenvalue weighted by Crippen LogP contribution is 2.48. The van der Waals surface area contributed by atoms with Gasteiger partial charge in [-0.25, -0.2) is 0 Å². The van der Waals surface area contributed by atoms with E-state index in [0.717, 1.165) is 18.4 Å². The van der Waals surface area contributed by atoms with Crippen molar-refractivity contribution < 1.29 is 19.4 Å². The number of nitrogens with one attached hydrogen (secondary N) is 1. The van der Waals surface area contributed by atoms with E-state index in [1.807, 2.05) is 30.3 Å². The van der Waals surface area contributed by atoms with E-state index in [0.29, 0.717) is 6.61 Å². The third kappa shape index (κ3) is 2.08. The van der Waals surface area contributed by atoms with E-state index < -0.39 is 6.10 Å². The van der Waals surface area contributed by atoms with Crippen LogP contribution in [0, 0.1) is 0 Å². The summed E-state index contributed by atoms with van der Waals surface area (Å²) in [6.45, 7) is 0.689. The number of aliphatic hydroxyl groups is 1. The molecule has 0 bridgehead atoms. The van der Waals surface area contributed by atoms with Gasteiger partial charge in [-0.1, -0.05) is 30.3 Å². The number of hydrogen-bond acceptors (Lipinski definition) is 4. The van der Waals surface area contributed by atoms with E-state index >= 15 is 0 Å². The molecule has 2 N–H and O–H groups in total.